The van der Waals surface area contributed by atoms with Gasteiger partial charge < -0.3 is 18.7 Å². The number of hydrogen-bond acceptors (Lipinski definition) is 6. The molecule has 7 nitrogen and oxygen atoms in total. The maximum Gasteiger partial charge on any atom is 0.573 e. The van der Waals surface area contributed by atoms with Gasteiger partial charge in [-0.25, -0.2) is 0 Å². The molecule has 0 spiro atoms. The first kappa shape index (κ1) is 24.6. The van der Waals surface area contributed by atoms with Crippen LogP contribution >= 0.6 is 0 Å². The van der Waals surface area contributed by atoms with Crippen LogP contribution < -0.4 is 15.2 Å². The molecule has 0 N–H and O–H groups in total. The summed E-state index contributed by atoms with van der Waals surface area (Å²) in [6, 6.07) is 16.8. The highest BCUT2D eigenvalue weighted by molar-refractivity contribution is 5.60. The highest BCUT2D eigenvalue weighted by Gasteiger charge is 2.31. The Hall–Kier alpha value is -4.08. The molecule has 0 radical (unpaired) electrons. The lowest BCUT2D eigenvalue weighted by molar-refractivity contribution is -0.274. The average Bonchev–Trinajstić information content (AvgIpc) is 3.37. The maximum absolute atomic E-state index is 13.4. The average molecular weight is 511 g/mol. The van der Waals surface area contributed by atoms with Crippen LogP contribution in [0.2, 0.25) is 0 Å². The first-order valence-electron chi connectivity index (χ1n) is 12.0. The van der Waals surface area contributed by atoms with E-state index >= 15 is 0 Å². The molecule has 1 fully saturated rings. The third-order valence-corrected chi connectivity index (χ3v) is 6.37. The molecule has 1 aliphatic heterocycles. The molecule has 0 aliphatic carbocycles. The fourth-order valence-corrected chi connectivity index (χ4v) is 4.47. The van der Waals surface area contributed by atoms with Crippen LogP contribution in [0, 0.1) is 6.92 Å². The van der Waals surface area contributed by atoms with Crippen LogP contribution in [0.4, 0.5) is 18.9 Å². The van der Waals surface area contributed by atoms with Gasteiger partial charge in [-0.15, -0.1) is 13.2 Å². The number of anilines is 1. The molecule has 1 saturated heterocycles. The van der Waals surface area contributed by atoms with E-state index in [9.17, 15) is 18.0 Å². The van der Waals surface area contributed by atoms with Gasteiger partial charge in [-0.1, -0.05) is 17.3 Å². The van der Waals surface area contributed by atoms with Crippen LogP contribution in [0.3, 0.4) is 0 Å². The Bertz CT molecular complexity index is 1440. The van der Waals surface area contributed by atoms with Crippen molar-refractivity contribution in [1.29, 1.82) is 0 Å². The van der Waals surface area contributed by atoms with E-state index in [2.05, 4.69) is 31.9 Å². The van der Waals surface area contributed by atoms with Gasteiger partial charge in [0.25, 0.3) is 11.4 Å². The van der Waals surface area contributed by atoms with Crippen molar-refractivity contribution < 1.29 is 22.4 Å². The molecule has 10 heteroatoms. The fraction of sp³-hybridized carbons (Fsp3) is 0.296. The van der Waals surface area contributed by atoms with Gasteiger partial charge >= 0.3 is 6.36 Å². The zero-order valence-corrected chi connectivity index (χ0v) is 20.2. The molecule has 0 amide bonds. The zero-order valence-electron chi connectivity index (χ0n) is 20.2. The third kappa shape index (κ3) is 5.68. The molecule has 0 atom stereocenters. The van der Waals surface area contributed by atoms with Gasteiger partial charge in [-0.3, -0.25) is 4.79 Å². The first-order valence-corrected chi connectivity index (χ1v) is 12.0. The number of aryl methyl sites for hydroxylation is 1. The van der Waals surface area contributed by atoms with Crippen LogP contribution in [0.5, 0.6) is 5.75 Å². The molecule has 1 aliphatic rings. The number of hydrogen-bond donors (Lipinski definition) is 0. The minimum Gasteiger partial charge on any atom is -0.406 e. The van der Waals surface area contributed by atoms with Gasteiger partial charge in [-0.2, -0.15) is 4.98 Å². The summed E-state index contributed by atoms with van der Waals surface area (Å²) < 4.78 is 48.1. The van der Waals surface area contributed by atoms with E-state index in [0.717, 1.165) is 42.2 Å². The van der Waals surface area contributed by atoms with Crippen molar-refractivity contribution in [2.45, 2.75) is 39.1 Å². The minimum atomic E-state index is -4.78. The molecule has 5 rings (SSSR count). The highest BCUT2D eigenvalue weighted by atomic mass is 19.4. The summed E-state index contributed by atoms with van der Waals surface area (Å²) in [5.74, 6) is -0.175. The Morgan fingerprint density at radius 2 is 1.76 bits per heavy atom. The number of rotatable bonds is 6. The highest BCUT2D eigenvalue weighted by Crippen LogP contribution is 2.27. The lowest BCUT2D eigenvalue weighted by atomic mass is 10.1. The van der Waals surface area contributed by atoms with Crippen molar-refractivity contribution in [3.8, 4) is 28.6 Å². The second-order valence-corrected chi connectivity index (χ2v) is 8.99. The molecule has 0 saturated carbocycles. The predicted molar refractivity (Wildman–Crippen MR) is 132 cm³/mol. The second kappa shape index (κ2) is 10.1. The van der Waals surface area contributed by atoms with Crippen LogP contribution in [0.1, 0.15) is 30.5 Å². The largest absolute Gasteiger partial charge is 0.573 e. The maximum atomic E-state index is 13.4. The smallest absolute Gasteiger partial charge is 0.406 e. The first-order chi connectivity index (χ1) is 17.8. The summed E-state index contributed by atoms with van der Waals surface area (Å²) in [5.41, 5.74) is 3.36. The van der Waals surface area contributed by atoms with Crippen LogP contribution in [0.15, 0.2) is 70.0 Å². The molecule has 3 heterocycles. The number of piperidine rings is 1. The molecular weight excluding hydrogens is 485 g/mol. The van der Waals surface area contributed by atoms with Crippen molar-refractivity contribution in [1.82, 2.24) is 14.7 Å². The SMILES string of the molecule is Cc1ccc(-c2nc(-c3ccc(OC(F)(F)F)cc3)no2)c(=O)n1Cc1cccc(N2CCCCC2)c1. The summed E-state index contributed by atoms with van der Waals surface area (Å²) >= 11 is 0. The Morgan fingerprint density at radius 3 is 2.49 bits per heavy atom. The Morgan fingerprint density at radius 1 is 1.00 bits per heavy atom. The number of alkyl halides is 3. The Kier molecular flexibility index (Phi) is 6.73. The number of aromatic nitrogens is 3. The van der Waals surface area contributed by atoms with Gasteiger partial charge in [0.15, 0.2) is 0 Å². The van der Waals surface area contributed by atoms with E-state index in [0.29, 0.717) is 12.1 Å². The number of ether oxygens (including phenoxy) is 1. The van der Waals surface area contributed by atoms with E-state index in [-0.39, 0.29) is 28.6 Å². The molecule has 2 aromatic heterocycles. The number of benzene rings is 2. The number of nitrogens with zero attached hydrogens (tertiary/aromatic N) is 4. The van der Waals surface area contributed by atoms with Crippen molar-refractivity contribution >= 4 is 5.69 Å². The quantitative estimate of drug-likeness (QED) is 0.326. The lowest BCUT2D eigenvalue weighted by Crippen LogP contribution is -2.29. The summed E-state index contributed by atoms with van der Waals surface area (Å²) in [5, 5.41) is 3.90. The Balaban J connectivity index is 1.38. The van der Waals surface area contributed by atoms with E-state index in [4.69, 9.17) is 4.52 Å². The number of halogens is 3. The molecule has 0 unspecified atom stereocenters. The molecule has 0 bridgehead atoms. The molecule has 4 aromatic rings. The third-order valence-electron chi connectivity index (χ3n) is 6.37. The van der Waals surface area contributed by atoms with Gasteiger partial charge in [0, 0.05) is 30.0 Å². The normalized spacial score (nSPS) is 14.1. The summed E-state index contributed by atoms with van der Waals surface area (Å²) in [6.07, 6.45) is -1.15. The monoisotopic (exact) mass is 510 g/mol. The van der Waals surface area contributed by atoms with Gasteiger partial charge in [-0.05, 0) is 80.3 Å². The fourth-order valence-electron chi connectivity index (χ4n) is 4.47. The van der Waals surface area contributed by atoms with Crippen molar-refractivity contribution in [3.63, 3.8) is 0 Å². The Labute approximate surface area is 211 Å². The topological polar surface area (TPSA) is 73.4 Å². The van der Waals surface area contributed by atoms with E-state index in [1.165, 1.54) is 31.4 Å². The van der Waals surface area contributed by atoms with E-state index < -0.39 is 6.36 Å². The standard InChI is InChI=1S/C27H25F3N4O3/c1-18-8-13-23(25-31-24(32-37-25)20-9-11-22(12-10-20)36-27(28,29)30)26(35)34(18)17-19-6-5-7-21(16-19)33-14-3-2-4-15-33/h5-13,16H,2-4,14-15,17H2,1H3. The summed E-state index contributed by atoms with van der Waals surface area (Å²) in [6.45, 7) is 4.33. The van der Waals surface area contributed by atoms with Crippen LogP contribution in [-0.2, 0) is 6.54 Å². The van der Waals surface area contributed by atoms with Gasteiger partial charge in [0.05, 0.1) is 6.54 Å². The summed E-state index contributed by atoms with van der Waals surface area (Å²) in [4.78, 5) is 20.1. The van der Waals surface area contributed by atoms with Crippen molar-refractivity contribution in [3.05, 3.63) is 82.3 Å². The zero-order chi connectivity index (χ0) is 26.0. The lowest BCUT2D eigenvalue weighted by Gasteiger charge is -2.29. The van der Waals surface area contributed by atoms with Crippen LogP contribution in [-0.4, -0.2) is 34.2 Å². The van der Waals surface area contributed by atoms with Gasteiger partial charge in [0.2, 0.25) is 5.82 Å². The van der Waals surface area contributed by atoms with E-state index in [1.807, 2.05) is 25.1 Å². The number of pyridine rings is 1. The van der Waals surface area contributed by atoms with E-state index in [1.54, 1.807) is 10.6 Å². The summed E-state index contributed by atoms with van der Waals surface area (Å²) in [7, 11) is 0. The van der Waals surface area contributed by atoms with Gasteiger partial charge in [0.1, 0.15) is 11.3 Å². The minimum absolute atomic E-state index is 0.0337. The molecule has 192 valence electrons. The second-order valence-electron chi connectivity index (χ2n) is 8.99. The molecular formula is C27H25F3N4O3. The molecule has 37 heavy (non-hydrogen) atoms. The van der Waals surface area contributed by atoms with Crippen molar-refractivity contribution in [2.75, 3.05) is 18.0 Å². The predicted octanol–water partition coefficient (Wildman–Crippen LogP) is 5.81. The van der Waals surface area contributed by atoms with Crippen LogP contribution in [0.25, 0.3) is 22.8 Å². The van der Waals surface area contributed by atoms with Crippen molar-refractivity contribution in [2.24, 2.45) is 0 Å². The molecule has 2 aromatic carbocycles.